The number of hydrogen-bond donors (Lipinski definition) is 0. The average Bonchev–Trinajstić information content (AvgIpc) is 2.63. The Morgan fingerprint density at radius 1 is 1.07 bits per heavy atom. The quantitative estimate of drug-likeness (QED) is 0.605. The first-order chi connectivity index (χ1) is 6.69. The van der Waals surface area contributed by atoms with Crippen LogP contribution in [-0.2, 0) is 0 Å². The van der Waals surface area contributed by atoms with Gasteiger partial charge in [-0.25, -0.2) is 0 Å². The molecule has 0 amide bonds. The second kappa shape index (κ2) is 6.64. The van der Waals surface area contributed by atoms with Crippen LogP contribution in [0.25, 0.3) is 0 Å². The molecule has 0 saturated carbocycles. The zero-order valence-electron chi connectivity index (χ0n) is 10.1. The molecule has 0 heteroatoms. The number of hydrogen-bond acceptors (Lipinski definition) is 0. The molecule has 80 valence electrons. The van der Waals surface area contributed by atoms with Crippen LogP contribution in [-0.4, -0.2) is 0 Å². The molecular weight excluding hydrogens is 168 g/mol. The molecule has 0 atom stereocenters. The van der Waals surface area contributed by atoms with Gasteiger partial charge in [-0.2, -0.15) is 0 Å². The first-order valence-corrected chi connectivity index (χ1v) is 5.66. The SMILES string of the molecule is C=CC1=C(C=C)CC(C(C)C)C1.CC. The standard InChI is InChI=1S/C12H18.C2H6/c1-5-10-7-12(9(3)4)8-11(10)6-2;1-2/h5-6,9,12H,1-2,7-8H2,3-4H3;1-2H3. The Kier molecular flexibility index (Phi) is 6.27. The minimum atomic E-state index is 0.775. The highest BCUT2D eigenvalue weighted by Crippen LogP contribution is 2.36. The zero-order chi connectivity index (χ0) is 11.1. The summed E-state index contributed by atoms with van der Waals surface area (Å²) in [6, 6.07) is 0. The van der Waals surface area contributed by atoms with E-state index in [2.05, 4.69) is 27.0 Å². The van der Waals surface area contributed by atoms with Crippen LogP contribution in [0.15, 0.2) is 36.5 Å². The van der Waals surface area contributed by atoms with Crippen LogP contribution in [0.2, 0.25) is 0 Å². The van der Waals surface area contributed by atoms with E-state index in [0.717, 1.165) is 11.8 Å². The van der Waals surface area contributed by atoms with Gasteiger partial charge in [-0.05, 0) is 35.8 Å². The Bertz CT molecular complexity index is 198. The van der Waals surface area contributed by atoms with E-state index in [-0.39, 0.29) is 0 Å². The predicted octanol–water partition coefficient (Wildman–Crippen LogP) is 4.75. The normalized spacial score (nSPS) is 16.6. The van der Waals surface area contributed by atoms with Gasteiger partial charge in [0.15, 0.2) is 0 Å². The maximum atomic E-state index is 3.83. The van der Waals surface area contributed by atoms with Gasteiger partial charge >= 0.3 is 0 Å². The van der Waals surface area contributed by atoms with E-state index in [9.17, 15) is 0 Å². The molecule has 0 radical (unpaired) electrons. The maximum Gasteiger partial charge on any atom is -0.0242 e. The fraction of sp³-hybridized carbons (Fsp3) is 0.571. The van der Waals surface area contributed by atoms with E-state index < -0.39 is 0 Å². The van der Waals surface area contributed by atoms with Gasteiger partial charge < -0.3 is 0 Å². The van der Waals surface area contributed by atoms with Crippen LogP contribution in [0.5, 0.6) is 0 Å². The van der Waals surface area contributed by atoms with Crippen molar-refractivity contribution in [3.63, 3.8) is 0 Å². The third kappa shape index (κ3) is 3.17. The molecule has 0 saturated heterocycles. The van der Waals surface area contributed by atoms with Crippen molar-refractivity contribution in [3.05, 3.63) is 36.5 Å². The summed E-state index contributed by atoms with van der Waals surface area (Å²) in [5.74, 6) is 1.59. The van der Waals surface area contributed by atoms with Crippen molar-refractivity contribution in [3.8, 4) is 0 Å². The van der Waals surface area contributed by atoms with Gasteiger partial charge in [-0.1, -0.05) is 53.0 Å². The van der Waals surface area contributed by atoms with E-state index in [4.69, 9.17) is 0 Å². The first kappa shape index (κ1) is 13.2. The summed E-state index contributed by atoms with van der Waals surface area (Å²) in [6.07, 6.45) is 6.36. The molecule has 0 nitrogen and oxygen atoms in total. The van der Waals surface area contributed by atoms with E-state index in [1.165, 1.54) is 24.0 Å². The molecule has 0 N–H and O–H groups in total. The Hall–Kier alpha value is -0.780. The van der Waals surface area contributed by atoms with Crippen molar-refractivity contribution in [2.45, 2.75) is 40.5 Å². The van der Waals surface area contributed by atoms with Gasteiger partial charge in [0.05, 0.1) is 0 Å². The number of allylic oxidation sites excluding steroid dienone is 4. The van der Waals surface area contributed by atoms with Gasteiger partial charge in [0, 0.05) is 0 Å². The molecular formula is C14H24. The summed E-state index contributed by atoms with van der Waals surface area (Å²) in [4.78, 5) is 0. The van der Waals surface area contributed by atoms with Crippen LogP contribution < -0.4 is 0 Å². The fourth-order valence-electron chi connectivity index (χ4n) is 1.80. The maximum absolute atomic E-state index is 3.83. The van der Waals surface area contributed by atoms with E-state index in [0.29, 0.717) is 0 Å². The van der Waals surface area contributed by atoms with Crippen molar-refractivity contribution in [1.29, 1.82) is 0 Å². The van der Waals surface area contributed by atoms with Gasteiger partial charge in [0.1, 0.15) is 0 Å². The van der Waals surface area contributed by atoms with Crippen LogP contribution in [0.3, 0.4) is 0 Å². The molecule has 0 aromatic carbocycles. The highest BCUT2D eigenvalue weighted by molar-refractivity contribution is 5.36. The Balaban J connectivity index is 0.000000791. The van der Waals surface area contributed by atoms with Gasteiger partial charge in [0.2, 0.25) is 0 Å². The first-order valence-electron chi connectivity index (χ1n) is 5.66. The monoisotopic (exact) mass is 192 g/mol. The Morgan fingerprint density at radius 3 is 1.64 bits per heavy atom. The molecule has 0 bridgehead atoms. The minimum Gasteiger partial charge on any atom is -0.0988 e. The number of rotatable bonds is 3. The van der Waals surface area contributed by atoms with Crippen molar-refractivity contribution in [2.75, 3.05) is 0 Å². The molecule has 0 fully saturated rings. The van der Waals surface area contributed by atoms with Crippen molar-refractivity contribution in [1.82, 2.24) is 0 Å². The lowest BCUT2D eigenvalue weighted by Crippen LogP contribution is -2.03. The molecule has 1 rings (SSSR count). The summed E-state index contributed by atoms with van der Waals surface area (Å²) >= 11 is 0. The highest BCUT2D eigenvalue weighted by Gasteiger charge is 2.22. The third-order valence-corrected chi connectivity index (χ3v) is 2.81. The van der Waals surface area contributed by atoms with E-state index in [1.807, 2.05) is 26.0 Å². The highest BCUT2D eigenvalue weighted by atomic mass is 14.3. The van der Waals surface area contributed by atoms with Crippen LogP contribution in [0.1, 0.15) is 40.5 Å². The second-order valence-electron chi connectivity index (χ2n) is 3.87. The summed E-state index contributed by atoms with van der Waals surface area (Å²) in [5, 5.41) is 0. The molecule has 0 spiro atoms. The molecule has 0 aliphatic heterocycles. The van der Waals surface area contributed by atoms with Gasteiger partial charge in [0.25, 0.3) is 0 Å². The topological polar surface area (TPSA) is 0 Å². The zero-order valence-corrected chi connectivity index (χ0v) is 10.1. The molecule has 0 aromatic rings. The molecule has 14 heavy (non-hydrogen) atoms. The largest absolute Gasteiger partial charge is 0.0988 e. The minimum absolute atomic E-state index is 0.775. The average molecular weight is 192 g/mol. The summed E-state index contributed by atoms with van der Waals surface area (Å²) in [5.41, 5.74) is 2.81. The molecule has 1 aliphatic carbocycles. The molecule has 0 unspecified atom stereocenters. The van der Waals surface area contributed by atoms with Crippen molar-refractivity contribution >= 4 is 0 Å². The summed E-state index contributed by atoms with van der Waals surface area (Å²) in [7, 11) is 0. The predicted molar refractivity (Wildman–Crippen MR) is 66.3 cm³/mol. The second-order valence-corrected chi connectivity index (χ2v) is 3.87. The third-order valence-electron chi connectivity index (χ3n) is 2.81. The van der Waals surface area contributed by atoms with Crippen molar-refractivity contribution < 1.29 is 0 Å². The van der Waals surface area contributed by atoms with Gasteiger partial charge in [-0.15, -0.1) is 0 Å². The summed E-state index contributed by atoms with van der Waals surface area (Å²) < 4.78 is 0. The lowest BCUT2D eigenvalue weighted by Gasteiger charge is -2.13. The van der Waals surface area contributed by atoms with Crippen LogP contribution in [0.4, 0.5) is 0 Å². The van der Waals surface area contributed by atoms with Crippen molar-refractivity contribution in [2.24, 2.45) is 11.8 Å². The lowest BCUT2D eigenvalue weighted by molar-refractivity contribution is 0.404. The van der Waals surface area contributed by atoms with E-state index >= 15 is 0 Å². The Morgan fingerprint density at radius 2 is 1.43 bits per heavy atom. The fourth-order valence-corrected chi connectivity index (χ4v) is 1.80. The van der Waals surface area contributed by atoms with Crippen LogP contribution in [0, 0.1) is 11.8 Å². The molecule has 0 heterocycles. The van der Waals surface area contributed by atoms with Gasteiger partial charge in [-0.3, -0.25) is 0 Å². The van der Waals surface area contributed by atoms with Crippen LogP contribution >= 0.6 is 0 Å². The molecule has 0 aromatic heterocycles. The molecule has 1 aliphatic rings. The Labute approximate surface area is 89.4 Å². The lowest BCUT2D eigenvalue weighted by atomic mass is 9.92. The van der Waals surface area contributed by atoms with E-state index in [1.54, 1.807) is 0 Å². The summed E-state index contributed by atoms with van der Waals surface area (Å²) in [6.45, 7) is 16.2. The smallest absolute Gasteiger partial charge is 0.0242 e.